The topological polar surface area (TPSA) is 110 Å². The first-order valence-corrected chi connectivity index (χ1v) is 6.36. The van der Waals surface area contributed by atoms with Crippen LogP contribution in [0.4, 0.5) is 11.4 Å². The summed E-state index contributed by atoms with van der Waals surface area (Å²) in [6, 6.07) is 4.22. The predicted molar refractivity (Wildman–Crippen MR) is 73.7 cm³/mol. The third-order valence-corrected chi connectivity index (χ3v) is 3.64. The molecule has 1 amide bonds. The first-order valence-electron chi connectivity index (χ1n) is 6.36. The molecule has 0 spiro atoms. The molecule has 7 heteroatoms. The van der Waals surface area contributed by atoms with Gasteiger partial charge in [0, 0.05) is 24.7 Å². The summed E-state index contributed by atoms with van der Waals surface area (Å²) < 4.78 is 0. The lowest BCUT2D eigenvalue weighted by Gasteiger charge is -2.36. The van der Waals surface area contributed by atoms with Gasteiger partial charge in [-0.15, -0.1) is 0 Å². The molecular formula is C13H17N3O4. The Bertz CT molecular complexity index is 547. The molecule has 0 bridgehead atoms. The SMILES string of the molecule is CC1(O)CCN(c2ccc(C(N)=O)cc2[N+](=O)[O-])CC1. The summed E-state index contributed by atoms with van der Waals surface area (Å²) in [6.45, 7) is 2.82. The minimum absolute atomic E-state index is 0.115. The smallest absolute Gasteiger partial charge is 0.293 e. The second-order valence-electron chi connectivity index (χ2n) is 5.31. The average Bonchev–Trinajstić information content (AvgIpc) is 2.38. The van der Waals surface area contributed by atoms with E-state index in [0.717, 1.165) is 0 Å². The molecule has 20 heavy (non-hydrogen) atoms. The Morgan fingerprint density at radius 3 is 2.55 bits per heavy atom. The fraction of sp³-hybridized carbons (Fsp3) is 0.462. The molecule has 0 aliphatic carbocycles. The molecule has 1 fully saturated rings. The van der Waals surface area contributed by atoms with E-state index >= 15 is 0 Å². The normalized spacial score (nSPS) is 17.8. The van der Waals surface area contributed by atoms with Gasteiger partial charge in [-0.1, -0.05) is 0 Å². The maximum Gasteiger partial charge on any atom is 0.293 e. The van der Waals surface area contributed by atoms with Gasteiger partial charge in [0.2, 0.25) is 5.91 Å². The molecule has 1 aliphatic heterocycles. The van der Waals surface area contributed by atoms with Crippen LogP contribution in [0.5, 0.6) is 0 Å². The van der Waals surface area contributed by atoms with Gasteiger partial charge in [0.1, 0.15) is 5.69 Å². The van der Waals surface area contributed by atoms with Crippen LogP contribution in [0.1, 0.15) is 30.1 Å². The van der Waals surface area contributed by atoms with Crippen molar-refractivity contribution in [2.75, 3.05) is 18.0 Å². The minimum Gasteiger partial charge on any atom is -0.390 e. The molecule has 1 saturated heterocycles. The number of rotatable bonds is 3. The number of carbonyl (C=O) groups is 1. The van der Waals surface area contributed by atoms with Gasteiger partial charge in [-0.3, -0.25) is 14.9 Å². The van der Waals surface area contributed by atoms with Gasteiger partial charge in [0.15, 0.2) is 0 Å². The first-order chi connectivity index (χ1) is 9.30. The van der Waals surface area contributed by atoms with E-state index in [9.17, 15) is 20.0 Å². The monoisotopic (exact) mass is 279 g/mol. The van der Waals surface area contributed by atoms with Crippen LogP contribution in [-0.2, 0) is 0 Å². The van der Waals surface area contributed by atoms with Crippen LogP contribution in [0, 0.1) is 10.1 Å². The number of nitrogens with two attached hydrogens (primary N) is 1. The lowest BCUT2D eigenvalue weighted by molar-refractivity contribution is -0.384. The van der Waals surface area contributed by atoms with Gasteiger partial charge >= 0.3 is 0 Å². The standard InChI is InChI=1S/C13H17N3O4/c1-13(18)4-6-15(7-5-13)10-3-2-9(12(14)17)8-11(10)16(19)20/h2-3,8,18H,4-7H2,1H3,(H2,14,17). The second-order valence-corrected chi connectivity index (χ2v) is 5.31. The van der Waals surface area contributed by atoms with Crippen LogP contribution in [0.3, 0.4) is 0 Å². The van der Waals surface area contributed by atoms with E-state index < -0.39 is 16.4 Å². The molecule has 3 N–H and O–H groups in total. The number of primary amides is 1. The number of benzene rings is 1. The van der Waals surface area contributed by atoms with E-state index in [0.29, 0.717) is 31.6 Å². The number of hydrogen-bond donors (Lipinski definition) is 2. The average molecular weight is 279 g/mol. The lowest BCUT2D eigenvalue weighted by atomic mass is 9.93. The molecule has 0 atom stereocenters. The number of nitro benzene ring substituents is 1. The highest BCUT2D eigenvalue weighted by Gasteiger charge is 2.30. The van der Waals surface area contributed by atoms with Gasteiger partial charge in [0.25, 0.3) is 5.69 Å². The van der Waals surface area contributed by atoms with Crippen LogP contribution in [0.25, 0.3) is 0 Å². The number of anilines is 1. The molecule has 108 valence electrons. The highest BCUT2D eigenvalue weighted by atomic mass is 16.6. The number of nitro groups is 1. The van der Waals surface area contributed by atoms with E-state index in [2.05, 4.69) is 0 Å². The van der Waals surface area contributed by atoms with Gasteiger partial charge in [-0.2, -0.15) is 0 Å². The summed E-state index contributed by atoms with van der Waals surface area (Å²) >= 11 is 0. The van der Waals surface area contributed by atoms with E-state index in [1.807, 2.05) is 4.90 Å². The molecule has 1 aliphatic rings. The maximum atomic E-state index is 11.1. The Morgan fingerprint density at radius 1 is 1.45 bits per heavy atom. The zero-order valence-corrected chi connectivity index (χ0v) is 11.2. The molecule has 0 aromatic heterocycles. The van der Waals surface area contributed by atoms with Crippen molar-refractivity contribution in [3.05, 3.63) is 33.9 Å². The summed E-state index contributed by atoms with van der Waals surface area (Å²) in [5, 5.41) is 21.1. The number of carbonyl (C=O) groups excluding carboxylic acids is 1. The molecule has 7 nitrogen and oxygen atoms in total. The summed E-state index contributed by atoms with van der Waals surface area (Å²) in [4.78, 5) is 23.6. The maximum absolute atomic E-state index is 11.1. The molecule has 0 radical (unpaired) electrons. The van der Waals surface area contributed by atoms with E-state index in [1.165, 1.54) is 18.2 Å². The zero-order valence-electron chi connectivity index (χ0n) is 11.2. The fourth-order valence-electron chi connectivity index (χ4n) is 2.32. The Labute approximate surface area is 116 Å². The van der Waals surface area contributed by atoms with Crippen molar-refractivity contribution < 1.29 is 14.8 Å². The largest absolute Gasteiger partial charge is 0.390 e. The van der Waals surface area contributed by atoms with Crippen molar-refractivity contribution in [1.82, 2.24) is 0 Å². The van der Waals surface area contributed by atoms with Crippen molar-refractivity contribution in [1.29, 1.82) is 0 Å². The van der Waals surface area contributed by atoms with Crippen LogP contribution >= 0.6 is 0 Å². The molecular weight excluding hydrogens is 262 g/mol. The summed E-state index contributed by atoms with van der Waals surface area (Å²) in [5.74, 6) is -0.693. The van der Waals surface area contributed by atoms with Crippen molar-refractivity contribution in [3.8, 4) is 0 Å². The number of amides is 1. The Hall–Kier alpha value is -2.15. The van der Waals surface area contributed by atoms with Crippen molar-refractivity contribution in [2.24, 2.45) is 5.73 Å². The lowest BCUT2D eigenvalue weighted by Crippen LogP contribution is -2.42. The van der Waals surface area contributed by atoms with Crippen LogP contribution in [0.2, 0.25) is 0 Å². The molecule has 1 heterocycles. The van der Waals surface area contributed by atoms with E-state index in [4.69, 9.17) is 5.73 Å². The third-order valence-electron chi connectivity index (χ3n) is 3.64. The zero-order chi connectivity index (χ0) is 14.9. The number of aliphatic hydroxyl groups is 1. The van der Waals surface area contributed by atoms with Crippen LogP contribution < -0.4 is 10.6 Å². The number of nitrogens with zero attached hydrogens (tertiary/aromatic N) is 2. The van der Waals surface area contributed by atoms with Crippen LogP contribution in [0.15, 0.2) is 18.2 Å². The molecule has 0 saturated carbocycles. The van der Waals surface area contributed by atoms with Gasteiger partial charge in [-0.25, -0.2) is 0 Å². The second kappa shape index (κ2) is 5.09. The summed E-state index contributed by atoms with van der Waals surface area (Å²) in [5.41, 5.74) is 4.85. The first kappa shape index (κ1) is 14.3. The van der Waals surface area contributed by atoms with Crippen molar-refractivity contribution >= 4 is 17.3 Å². The molecule has 0 unspecified atom stereocenters. The van der Waals surface area contributed by atoms with Crippen molar-refractivity contribution in [2.45, 2.75) is 25.4 Å². The molecule has 1 aromatic rings. The molecule has 1 aromatic carbocycles. The van der Waals surface area contributed by atoms with Gasteiger partial charge in [-0.05, 0) is 31.9 Å². The van der Waals surface area contributed by atoms with Gasteiger partial charge in [0.05, 0.1) is 10.5 Å². The number of piperidine rings is 1. The summed E-state index contributed by atoms with van der Waals surface area (Å²) in [7, 11) is 0. The Morgan fingerprint density at radius 2 is 2.05 bits per heavy atom. The molecule has 2 rings (SSSR count). The third kappa shape index (κ3) is 2.88. The summed E-state index contributed by atoms with van der Waals surface area (Å²) in [6.07, 6.45) is 1.09. The van der Waals surface area contributed by atoms with Crippen molar-refractivity contribution in [3.63, 3.8) is 0 Å². The quantitative estimate of drug-likeness (QED) is 0.634. The van der Waals surface area contributed by atoms with Crippen LogP contribution in [-0.4, -0.2) is 34.6 Å². The Kier molecular flexibility index (Phi) is 3.63. The fourth-order valence-corrected chi connectivity index (χ4v) is 2.32. The predicted octanol–water partition coefficient (Wildman–Crippen LogP) is 1.04. The van der Waals surface area contributed by atoms with Gasteiger partial charge < -0.3 is 15.7 Å². The highest BCUT2D eigenvalue weighted by Crippen LogP contribution is 2.33. The minimum atomic E-state index is -0.724. The number of hydrogen-bond acceptors (Lipinski definition) is 5. The van der Waals surface area contributed by atoms with E-state index in [1.54, 1.807) is 6.92 Å². The Balaban J connectivity index is 2.32. The van der Waals surface area contributed by atoms with E-state index in [-0.39, 0.29) is 11.3 Å². The highest BCUT2D eigenvalue weighted by molar-refractivity contribution is 5.94.